The Labute approximate surface area is 113 Å². The van der Waals surface area contributed by atoms with Crippen LogP contribution in [0.2, 0.25) is 0 Å². The van der Waals surface area contributed by atoms with E-state index < -0.39 is 0 Å². The van der Waals surface area contributed by atoms with Gasteiger partial charge in [0.2, 0.25) is 0 Å². The second-order valence-electron chi connectivity index (χ2n) is 5.06. The molecule has 2 aromatic rings. The number of hydrogen-bond donors (Lipinski definition) is 1. The molecule has 102 valence electrons. The summed E-state index contributed by atoms with van der Waals surface area (Å²) in [5.74, 6) is 1.84. The monoisotopic (exact) mass is 260 g/mol. The van der Waals surface area contributed by atoms with Crippen molar-refractivity contribution in [2.24, 2.45) is 0 Å². The topological polar surface area (TPSA) is 37.6 Å². The average molecular weight is 260 g/mol. The molecule has 2 heterocycles. The molecule has 1 N–H and O–H groups in total. The molecule has 19 heavy (non-hydrogen) atoms. The van der Waals surface area contributed by atoms with Gasteiger partial charge in [-0.25, -0.2) is 0 Å². The molecule has 1 aliphatic heterocycles. The lowest BCUT2D eigenvalue weighted by atomic mass is 10.1. The van der Waals surface area contributed by atoms with Crippen LogP contribution in [0.15, 0.2) is 28.7 Å². The van der Waals surface area contributed by atoms with Crippen molar-refractivity contribution in [3.8, 4) is 5.75 Å². The Kier molecular flexibility index (Phi) is 3.44. The van der Waals surface area contributed by atoms with Crippen LogP contribution in [0.3, 0.4) is 0 Å². The first-order valence-electron chi connectivity index (χ1n) is 6.77. The normalized spacial score (nSPS) is 21.5. The highest BCUT2D eigenvalue weighted by atomic mass is 16.5. The SMILES string of the molecule is COc1cccc2cc(C3CCNCCN3C)oc12. The van der Waals surface area contributed by atoms with E-state index in [0.717, 1.165) is 48.5 Å². The predicted molar refractivity (Wildman–Crippen MR) is 75.6 cm³/mol. The molecule has 0 bridgehead atoms. The summed E-state index contributed by atoms with van der Waals surface area (Å²) in [5, 5.41) is 4.54. The molecule has 1 atom stereocenters. The second kappa shape index (κ2) is 5.23. The van der Waals surface area contributed by atoms with E-state index in [-0.39, 0.29) is 0 Å². The largest absolute Gasteiger partial charge is 0.493 e. The lowest BCUT2D eigenvalue weighted by molar-refractivity contribution is 0.228. The van der Waals surface area contributed by atoms with Gasteiger partial charge in [-0.15, -0.1) is 0 Å². The zero-order valence-electron chi connectivity index (χ0n) is 11.5. The van der Waals surface area contributed by atoms with Crippen LogP contribution in [0, 0.1) is 0 Å². The van der Waals surface area contributed by atoms with Crippen LogP contribution in [0.25, 0.3) is 11.0 Å². The number of benzene rings is 1. The Morgan fingerprint density at radius 3 is 3.11 bits per heavy atom. The molecule has 1 unspecified atom stereocenters. The standard InChI is InChI=1S/C15H20N2O2/c1-17-9-8-16-7-6-12(17)14-10-11-4-3-5-13(18-2)15(11)19-14/h3-5,10,12,16H,6-9H2,1-2H3. The number of rotatable bonds is 2. The van der Waals surface area contributed by atoms with Crippen LogP contribution < -0.4 is 10.1 Å². The number of fused-ring (bicyclic) bond motifs is 1. The Morgan fingerprint density at radius 1 is 1.37 bits per heavy atom. The Balaban J connectivity index is 2.00. The first-order chi connectivity index (χ1) is 9.29. The maximum atomic E-state index is 6.06. The third-order valence-corrected chi connectivity index (χ3v) is 3.84. The molecule has 0 amide bonds. The van der Waals surface area contributed by atoms with Gasteiger partial charge in [0.15, 0.2) is 11.3 Å². The van der Waals surface area contributed by atoms with Crippen molar-refractivity contribution in [1.82, 2.24) is 10.2 Å². The Morgan fingerprint density at radius 2 is 2.26 bits per heavy atom. The van der Waals surface area contributed by atoms with E-state index in [1.54, 1.807) is 7.11 Å². The van der Waals surface area contributed by atoms with Crippen molar-refractivity contribution in [3.63, 3.8) is 0 Å². The number of methoxy groups -OCH3 is 1. The first kappa shape index (κ1) is 12.5. The fourth-order valence-corrected chi connectivity index (χ4v) is 2.74. The van der Waals surface area contributed by atoms with E-state index in [4.69, 9.17) is 9.15 Å². The minimum absolute atomic E-state index is 0.340. The predicted octanol–water partition coefficient (Wildman–Crippen LogP) is 2.41. The quantitative estimate of drug-likeness (QED) is 0.900. The van der Waals surface area contributed by atoms with Crippen molar-refractivity contribution in [1.29, 1.82) is 0 Å². The highest BCUT2D eigenvalue weighted by Crippen LogP contribution is 2.33. The lowest BCUT2D eigenvalue weighted by Gasteiger charge is -2.22. The van der Waals surface area contributed by atoms with Gasteiger partial charge >= 0.3 is 0 Å². The summed E-state index contributed by atoms with van der Waals surface area (Å²) >= 11 is 0. The van der Waals surface area contributed by atoms with E-state index in [9.17, 15) is 0 Å². The molecule has 0 aliphatic carbocycles. The fourth-order valence-electron chi connectivity index (χ4n) is 2.74. The summed E-state index contributed by atoms with van der Waals surface area (Å²) in [6, 6.07) is 8.49. The smallest absolute Gasteiger partial charge is 0.176 e. The molecule has 4 nitrogen and oxygen atoms in total. The molecule has 4 heteroatoms. The van der Waals surface area contributed by atoms with E-state index >= 15 is 0 Å². The van der Waals surface area contributed by atoms with Gasteiger partial charge in [0, 0.05) is 18.5 Å². The number of ether oxygens (including phenoxy) is 1. The zero-order valence-corrected chi connectivity index (χ0v) is 11.5. The van der Waals surface area contributed by atoms with Crippen molar-refractivity contribution in [2.75, 3.05) is 33.8 Å². The summed E-state index contributed by atoms with van der Waals surface area (Å²) in [4.78, 5) is 2.35. The van der Waals surface area contributed by atoms with Crippen LogP contribution in [-0.4, -0.2) is 38.7 Å². The minimum Gasteiger partial charge on any atom is -0.493 e. The molecule has 3 rings (SSSR count). The molecule has 0 radical (unpaired) electrons. The van der Waals surface area contributed by atoms with Crippen molar-refractivity contribution in [2.45, 2.75) is 12.5 Å². The van der Waals surface area contributed by atoms with E-state index in [1.807, 2.05) is 12.1 Å². The van der Waals surface area contributed by atoms with Crippen molar-refractivity contribution >= 4 is 11.0 Å². The molecule has 1 aliphatic rings. The number of hydrogen-bond acceptors (Lipinski definition) is 4. The van der Waals surface area contributed by atoms with Crippen molar-refractivity contribution in [3.05, 3.63) is 30.0 Å². The van der Waals surface area contributed by atoms with Gasteiger partial charge in [0.1, 0.15) is 5.76 Å². The van der Waals surface area contributed by atoms with Gasteiger partial charge in [-0.05, 0) is 32.1 Å². The Bertz CT molecular complexity index is 564. The third kappa shape index (κ3) is 2.33. The number of nitrogens with zero attached hydrogens (tertiary/aromatic N) is 1. The van der Waals surface area contributed by atoms with Gasteiger partial charge in [0.25, 0.3) is 0 Å². The van der Waals surface area contributed by atoms with E-state index in [1.165, 1.54) is 0 Å². The van der Waals surface area contributed by atoms with Crippen LogP contribution >= 0.6 is 0 Å². The van der Waals surface area contributed by atoms with E-state index in [0.29, 0.717) is 6.04 Å². The summed E-state index contributed by atoms with van der Waals surface area (Å²) in [6.45, 7) is 3.11. The summed E-state index contributed by atoms with van der Waals surface area (Å²) in [6.07, 6.45) is 1.07. The van der Waals surface area contributed by atoms with E-state index in [2.05, 4.69) is 29.4 Å². The maximum absolute atomic E-state index is 6.06. The van der Waals surface area contributed by atoms with Crippen LogP contribution in [0.4, 0.5) is 0 Å². The molecule has 1 fully saturated rings. The Hall–Kier alpha value is -1.52. The highest BCUT2D eigenvalue weighted by molar-refractivity contribution is 5.83. The maximum Gasteiger partial charge on any atom is 0.176 e. The number of nitrogens with one attached hydrogen (secondary N) is 1. The second-order valence-corrected chi connectivity index (χ2v) is 5.06. The molecule has 0 saturated carbocycles. The van der Waals surface area contributed by atoms with Crippen molar-refractivity contribution < 1.29 is 9.15 Å². The molecule has 1 aromatic carbocycles. The molecule has 1 saturated heterocycles. The van der Waals surface area contributed by atoms with Gasteiger partial charge in [-0.1, -0.05) is 12.1 Å². The van der Waals surface area contributed by atoms with Crippen LogP contribution in [0.5, 0.6) is 5.75 Å². The third-order valence-electron chi connectivity index (χ3n) is 3.84. The van der Waals surface area contributed by atoms with Gasteiger partial charge in [0.05, 0.1) is 13.2 Å². The molecule has 0 spiro atoms. The summed E-state index contributed by atoms with van der Waals surface area (Å²) in [7, 11) is 3.83. The summed E-state index contributed by atoms with van der Waals surface area (Å²) in [5.41, 5.74) is 0.852. The van der Waals surface area contributed by atoms with Gasteiger partial charge in [-0.3, -0.25) is 4.90 Å². The molecular weight excluding hydrogens is 240 g/mol. The zero-order chi connectivity index (χ0) is 13.2. The number of likely N-dealkylation sites (N-methyl/N-ethyl adjacent to an activating group) is 1. The highest BCUT2D eigenvalue weighted by Gasteiger charge is 2.23. The molecular formula is C15H20N2O2. The average Bonchev–Trinajstić information content (AvgIpc) is 2.74. The number of furan rings is 1. The summed E-state index contributed by atoms with van der Waals surface area (Å²) < 4.78 is 11.4. The number of para-hydroxylation sites is 1. The molecule has 1 aromatic heterocycles. The van der Waals surface area contributed by atoms with Gasteiger partial charge in [-0.2, -0.15) is 0 Å². The minimum atomic E-state index is 0.340. The van der Waals surface area contributed by atoms with Gasteiger partial charge < -0.3 is 14.5 Å². The van der Waals surface area contributed by atoms with Crippen LogP contribution in [0.1, 0.15) is 18.2 Å². The lowest BCUT2D eigenvalue weighted by Crippen LogP contribution is -2.26. The fraction of sp³-hybridized carbons (Fsp3) is 0.467. The van der Waals surface area contributed by atoms with Crippen LogP contribution in [-0.2, 0) is 0 Å². The first-order valence-corrected chi connectivity index (χ1v) is 6.77.